The van der Waals surface area contributed by atoms with Gasteiger partial charge in [-0.15, -0.1) is 0 Å². The van der Waals surface area contributed by atoms with Crippen molar-refractivity contribution in [2.24, 2.45) is 0 Å². The van der Waals surface area contributed by atoms with Crippen LogP contribution in [0.2, 0.25) is 0 Å². The summed E-state index contributed by atoms with van der Waals surface area (Å²) in [6, 6.07) is 0. The molecule has 0 saturated heterocycles. The molecule has 0 saturated carbocycles. The summed E-state index contributed by atoms with van der Waals surface area (Å²) in [6.45, 7) is 0. The third kappa shape index (κ3) is 9.66. The van der Waals surface area contributed by atoms with Gasteiger partial charge in [0.15, 0.2) is 0 Å². The van der Waals surface area contributed by atoms with Crippen LogP contribution in [0.3, 0.4) is 0 Å². The Labute approximate surface area is 183 Å². The Morgan fingerprint density at radius 3 is 1.67 bits per heavy atom. The molecular weight excluding hydrogens is 355 g/mol. The van der Waals surface area contributed by atoms with Crippen LogP contribution in [-0.4, -0.2) is 33.7 Å². The van der Waals surface area contributed by atoms with Gasteiger partial charge in [-0.2, -0.15) is 0 Å². The number of carboxylic acid groups (broad SMARTS) is 3. The van der Waals surface area contributed by atoms with Gasteiger partial charge in [-0.1, -0.05) is 0 Å². The van der Waals surface area contributed by atoms with Crippen molar-refractivity contribution in [2.45, 2.75) is 18.4 Å². The second-order valence-corrected chi connectivity index (χ2v) is 2.44. The van der Waals surface area contributed by atoms with E-state index in [2.05, 4.69) is 0 Å². The minimum Gasteiger partial charge on any atom is -0.550 e. The minimum atomic E-state index is -2.91. The number of rotatable bonds is 5. The van der Waals surface area contributed by atoms with Crippen LogP contribution in [0, 0.1) is 0 Å². The molecule has 0 spiro atoms. The van der Waals surface area contributed by atoms with Crippen molar-refractivity contribution in [3.63, 3.8) is 0 Å². The largest absolute Gasteiger partial charge is 1.00 e. The van der Waals surface area contributed by atoms with E-state index in [1.54, 1.807) is 0 Å². The smallest absolute Gasteiger partial charge is 0.550 e. The molecule has 9 heteroatoms. The Bertz CT molecular complexity index is 236. The molecule has 15 heavy (non-hydrogen) atoms. The van der Waals surface area contributed by atoms with E-state index in [0.29, 0.717) is 0 Å². The zero-order valence-electron chi connectivity index (χ0n) is 8.35. The van der Waals surface area contributed by atoms with E-state index < -0.39 is 36.4 Å². The van der Waals surface area contributed by atoms with Crippen LogP contribution in [-0.2, 0) is 14.4 Å². The summed E-state index contributed by atoms with van der Waals surface area (Å²) in [5, 5.41) is 37.2. The SMILES string of the molecule is O=C([O-])CC(O)(CC(=O)O)C(=O)[O-].[Rb+].[Rb+]. The quantitative estimate of drug-likeness (QED) is 0.496. The van der Waals surface area contributed by atoms with Crippen molar-refractivity contribution in [3.05, 3.63) is 0 Å². The van der Waals surface area contributed by atoms with Crippen molar-refractivity contribution in [2.75, 3.05) is 0 Å². The van der Waals surface area contributed by atoms with Gasteiger partial charge in [0.1, 0.15) is 5.60 Å². The van der Waals surface area contributed by atoms with Crippen molar-refractivity contribution in [1.82, 2.24) is 0 Å². The predicted octanol–water partition coefficient (Wildman–Crippen LogP) is -9.91. The van der Waals surface area contributed by atoms with Crippen LogP contribution in [0.1, 0.15) is 12.8 Å². The topological polar surface area (TPSA) is 138 Å². The Balaban J connectivity index is -0.000000720. The first kappa shape index (κ1) is 22.2. The van der Waals surface area contributed by atoms with E-state index in [-0.39, 0.29) is 116 Å². The second-order valence-electron chi connectivity index (χ2n) is 2.44. The molecule has 0 fully saturated rings. The fourth-order valence-corrected chi connectivity index (χ4v) is 0.696. The zero-order chi connectivity index (χ0) is 10.6. The Kier molecular flexibility index (Phi) is 14.7. The number of carboxylic acids is 3. The Morgan fingerprint density at radius 2 is 1.47 bits per heavy atom. The molecule has 0 bridgehead atoms. The number of hydrogen-bond donors (Lipinski definition) is 2. The second kappa shape index (κ2) is 9.95. The Morgan fingerprint density at radius 1 is 1.07 bits per heavy atom. The van der Waals surface area contributed by atoms with Crippen LogP contribution in [0.15, 0.2) is 0 Å². The van der Waals surface area contributed by atoms with Crippen LogP contribution in [0.4, 0.5) is 0 Å². The Hall–Kier alpha value is 1.98. The average molecular weight is 361 g/mol. The minimum absolute atomic E-state index is 0. The van der Waals surface area contributed by atoms with Gasteiger partial charge in [0, 0.05) is 12.4 Å². The summed E-state index contributed by atoms with van der Waals surface area (Å²) in [6.07, 6.45) is -2.56. The molecular formula is C6H6O7Rb2. The van der Waals surface area contributed by atoms with Gasteiger partial charge in [0.2, 0.25) is 0 Å². The average Bonchev–Trinajstić information content (AvgIpc) is 1.82. The van der Waals surface area contributed by atoms with E-state index in [1.807, 2.05) is 0 Å². The van der Waals surface area contributed by atoms with Crippen LogP contribution in [0.25, 0.3) is 0 Å². The van der Waals surface area contributed by atoms with Gasteiger partial charge in [0.05, 0.1) is 12.4 Å². The summed E-state index contributed by atoms with van der Waals surface area (Å²) < 4.78 is 0. The van der Waals surface area contributed by atoms with E-state index in [0.717, 1.165) is 0 Å². The standard InChI is InChI=1S/C6H8O7.2Rb/c7-3(8)1-6(13,5(11)12)2-4(9)10;;/h13H,1-2H2,(H,7,8)(H,9,10)(H,11,12);;/q;2*+1/p-2. The first-order valence-corrected chi connectivity index (χ1v) is 3.13. The van der Waals surface area contributed by atoms with E-state index in [1.165, 1.54) is 0 Å². The summed E-state index contributed by atoms with van der Waals surface area (Å²) in [5.41, 5.74) is -2.91. The maximum Gasteiger partial charge on any atom is 1.00 e. The molecule has 0 aromatic carbocycles. The summed E-state index contributed by atoms with van der Waals surface area (Å²) >= 11 is 0. The van der Waals surface area contributed by atoms with Crippen molar-refractivity contribution >= 4 is 17.9 Å². The molecule has 1 unspecified atom stereocenters. The van der Waals surface area contributed by atoms with Gasteiger partial charge >= 0.3 is 122 Å². The van der Waals surface area contributed by atoms with Gasteiger partial charge in [-0.3, -0.25) is 4.79 Å². The van der Waals surface area contributed by atoms with Crippen molar-refractivity contribution in [1.29, 1.82) is 0 Å². The third-order valence-corrected chi connectivity index (χ3v) is 1.26. The normalized spacial score (nSPS) is 12.6. The molecule has 74 valence electrons. The van der Waals surface area contributed by atoms with Gasteiger partial charge in [-0.25, -0.2) is 0 Å². The number of aliphatic carboxylic acids is 3. The fraction of sp³-hybridized carbons (Fsp3) is 0.500. The molecule has 2 N–H and O–H groups in total. The molecule has 0 aromatic heterocycles. The van der Waals surface area contributed by atoms with Crippen LogP contribution >= 0.6 is 0 Å². The summed E-state index contributed by atoms with van der Waals surface area (Å²) in [4.78, 5) is 30.2. The number of carbonyl (C=O) groups is 3. The van der Waals surface area contributed by atoms with Crippen molar-refractivity contribution in [3.8, 4) is 0 Å². The predicted molar refractivity (Wildman–Crippen MR) is 31.8 cm³/mol. The molecule has 0 aliphatic heterocycles. The first-order chi connectivity index (χ1) is 5.78. The molecule has 0 rings (SSSR count). The van der Waals surface area contributed by atoms with Crippen LogP contribution in [0.5, 0.6) is 0 Å². The molecule has 0 radical (unpaired) electrons. The number of carbonyl (C=O) groups excluding carboxylic acids is 2. The summed E-state index contributed by atoms with van der Waals surface area (Å²) in [5.74, 6) is -5.67. The zero-order valence-corrected chi connectivity index (χ0v) is 18.2. The van der Waals surface area contributed by atoms with Gasteiger partial charge in [-0.05, 0) is 0 Å². The fourth-order valence-electron chi connectivity index (χ4n) is 0.696. The van der Waals surface area contributed by atoms with E-state index in [4.69, 9.17) is 10.2 Å². The molecule has 1 atom stereocenters. The molecule has 0 heterocycles. The monoisotopic (exact) mass is 360 g/mol. The molecule has 0 aromatic rings. The number of hydrogen-bond acceptors (Lipinski definition) is 6. The maximum absolute atomic E-state index is 10.2. The van der Waals surface area contributed by atoms with Gasteiger partial charge in [0.25, 0.3) is 0 Å². The van der Waals surface area contributed by atoms with E-state index >= 15 is 0 Å². The first-order valence-electron chi connectivity index (χ1n) is 3.13. The van der Waals surface area contributed by atoms with Crippen molar-refractivity contribution < 1.29 is 151 Å². The molecule has 0 aliphatic rings. The van der Waals surface area contributed by atoms with E-state index in [9.17, 15) is 24.6 Å². The maximum atomic E-state index is 10.2. The van der Waals surface area contributed by atoms with Gasteiger partial charge < -0.3 is 30.0 Å². The molecule has 0 aliphatic carbocycles. The molecule has 7 nitrogen and oxygen atoms in total. The van der Waals surface area contributed by atoms with Crippen LogP contribution < -0.4 is 127 Å². The number of aliphatic hydroxyl groups is 1. The summed E-state index contributed by atoms with van der Waals surface area (Å²) in [7, 11) is 0. The molecule has 0 amide bonds. The third-order valence-electron chi connectivity index (χ3n) is 1.26.